The van der Waals surface area contributed by atoms with Crippen molar-refractivity contribution in [2.75, 3.05) is 6.61 Å². The van der Waals surface area contributed by atoms with E-state index in [1.165, 1.54) is 0 Å². The molecule has 0 amide bonds. The zero-order chi connectivity index (χ0) is 26.3. The first-order valence-corrected chi connectivity index (χ1v) is 14.5. The van der Waals surface area contributed by atoms with E-state index in [1.54, 1.807) is 13.8 Å². The van der Waals surface area contributed by atoms with Crippen LogP contribution in [0.1, 0.15) is 99.3 Å². The highest BCUT2D eigenvalue weighted by atomic mass is 16.5. The fourth-order valence-corrected chi connectivity index (χ4v) is 12.1. The maximum atomic E-state index is 12.9. The summed E-state index contributed by atoms with van der Waals surface area (Å²) in [5.74, 6) is 0.238. The van der Waals surface area contributed by atoms with Gasteiger partial charge in [0.2, 0.25) is 0 Å². The summed E-state index contributed by atoms with van der Waals surface area (Å²) in [7, 11) is 0. The molecule has 0 bridgehead atoms. The molecule has 0 aromatic rings. The third kappa shape index (κ3) is 2.74. The molecule has 6 nitrogen and oxygen atoms in total. The lowest BCUT2D eigenvalue weighted by molar-refractivity contribution is -0.215. The molecule has 11 atom stereocenters. The van der Waals surface area contributed by atoms with E-state index in [2.05, 4.69) is 13.8 Å². The van der Waals surface area contributed by atoms with Crippen molar-refractivity contribution in [1.29, 1.82) is 0 Å². The molecule has 0 radical (unpaired) electrons. The second kappa shape index (κ2) is 7.15. The molecule has 0 unspecified atom stereocenters. The number of Topliss-reactive ketones (excluding diaryl/α,β-unsaturated/α-hetero) is 1. The third-order valence-corrected chi connectivity index (χ3v) is 13.5. The minimum absolute atomic E-state index is 0.00423. The lowest BCUT2D eigenvalue weighted by Crippen LogP contribution is -2.63. The van der Waals surface area contributed by atoms with E-state index in [4.69, 9.17) is 4.74 Å². The van der Waals surface area contributed by atoms with E-state index in [0.717, 1.165) is 38.5 Å². The van der Waals surface area contributed by atoms with Gasteiger partial charge in [-0.2, -0.15) is 0 Å². The molecule has 5 aliphatic carbocycles. The van der Waals surface area contributed by atoms with Gasteiger partial charge >= 0.3 is 0 Å². The molecule has 1 saturated heterocycles. The van der Waals surface area contributed by atoms with Crippen molar-refractivity contribution in [2.24, 2.45) is 44.8 Å². The second-order valence-electron chi connectivity index (χ2n) is 15.6. The number of rotatable bonds is 3. The summed E-state index contributed by atoms with van der Waals surface area (Å²) in [4.78, 5) is 12.9. The minimum Gasteiger partial charge on any atom is -0.396 e. The molecule has 0 aromatic carbocycles. The van der Waals surface area contributed by atoms with Crippen molar-refractivity contribution in [3.8, 4) is 0 Å². The molecule has 204 valence electrons. The number of carbonyl (C=O) groups excluding carboxylic acids is 1. The first kappa shape index (κ1) is 25.7. The van der Waals surface area contributed by atoms with Crippen LogP contribution in [0.25, 0.3) is 0 Å². The van der Waals surface area contributed by atoms with E-state index in [0.29, 0.717) is 19.3 Å². The second-order valence-corrected chi connectivity index (χ2v) is 15.6. The minimum atomic E-state index is -0.943. The van der Waals surface area contributed by atoms with Crippen LogP contribution in [0.2, 0.25) is 0 Å². The maximum absolute atomic E-state index is 12.9. The molecule has 6 fully saturated rings. The number of hydrogen-bond donors (Lipinski definition) is 4. The number of aliphatic hydroxyl groups is 4. The topological polar surface area (TPSA) is 107 Å². The molecule has 4 N–H and O–H groups in total. The fourth-order valence-electron chi connectivity index (χ4n) is 12.1. The van der Waals surface area contributed by atoms with Crippen LogP contribution in [0.4, 0.5) is 0 Å². The molecule has 36 heavy (non-hydrogen) atoms. The van der Waals surface area contributed by atoms with Gasteiger partial charge in [-0.05, 0) is 94.3 Å². The molecule has 6 aliphatic rings. The van der Waals surface area contributed by atoms with Gasteiger partial charge in [-0.3, -0.25) is 4.79 Å². The lowest BCUT2D eigenvalue weighted by Gasteiger charge is -2.64. The molecule has 1 heterocycles. The number of aliphatic hydroxyl groups excluding tert-OH is 3. The quantitative estimate of drug-likeness (QED) is 0.468. The molecule has 6 heteroatoms. The van der Waals surface area contributed by atoms with Crippen molar-refractivity contribution in [2.45, 2.75) is 129 Å². The summed E-state index contributed by atoms with van der Waals surface area (Å²) in [6, 6.07) is 0. The zero-order valence-corrected chi connectivity index (χ0v) is 23.1. The van der Waals surface area contributed by atoms with Gasteiger partial charge in [0.15, 0.2) is 0 Å². The van der Waals surface area contributed by atoms with E-state index in [9.17, 15) is 25.2 Å². The first-order chi connectivity index (χ1) is 16.5. The highest BCUT2D eigenvalue weighted by Crippen LogP contribution is 2.89. The summed E-state index contributed by atoms with van der Waals surface area (Å²) in [6.07, 6.45) is 5.64. The molecular weight excluding hydrogens is 456 g/mol. The van der Waals surface area contributed by atoms with E-state index in [1.807, 2.05) is 13.8 Å². The highest BCUT2D eigenvalue weighted by molar-refractivity contribution is 5.86. The summed E-state index contributed by atoms with van der Waals surface area (Å²) < 4.78 is 6.61. The zero-order valence-electron chi connectivity index (χ0n) is 23.1. The van der Waals surface area contributed by atoms with Gasteiger partial charge in [0.1, 0.15) is 5.78 Å². The number of ketones is 1. The number of fused-ring (bicyclic) bond motifs is 2. The Balaban J connectivity index is 1.40. The predicted octanol–water partition coefficient (Wildman–Crippen LogP) is 3.62. The largest absolute Gasteiger partial charge is 0.396 e. The lowest BCUT2D eigenvalue weighted by atomic mass is 9.41. The van der Waals surface area contributed by atoms with Gasteiger partial charge < -0.3 is 25.2 Å². The number of ether oxygens (including phenoxy) is 1. The van der Waals surface area contributed by atoms with E-state index in [-0.39, 0.29) is 52.5 Å². The van der Waals surface area contributed by atoms with Gasteiger partial charge in [-0.1, -0.05) is 20.8 Å². The fraction of sp³-hybridized carbons (Fsp3) is 0.967. The monoisotopic (exact) mass is 504 g/mol. The van der Waals surface area contributed by atoms with Crippen LogP contribution in [-0.4, -0.2) is 62.3 Å². The van der Waals surface area contributed by atoms with Crippen molar-refractivity contribution in [1.82, 2.24) is 0 Å². The smallest absolute Gasteiger partial charge is 0.138 e. The Hall–Kier alpha value is -0.530. The molecular formula is C30H48O6. The van der Waals surface area contributed by atoms with Crippen molar-refractivity contribution < 1.29 is 30.0 Å². The predicted molar refractivity (Wildman–Crippen MR) is 135 cm³/mol. The van der Waals surface area contributed by atoms with E-state index < -0.39 is 34.2 Å². The van der Waals surface area contributed by atoms with Gasteiger partial charge in [0.25, 0.3) is 0 Å². The van der Waals surface area contributed by atoms with E-state index >= 15 is 0 Å². The molecule has 2 spiro atoms. The van der Waals surface area contributed by atoms with Crippen LogP contribution >= 0.6 is 0 Å². The molecule has 1 aliphatic heterocycles. The van der Waals surface area contributed by atoms with Gasteiger partial charge in [-0.25, -0.2) is 0 Å². The Morgan fingerprint density at radius 3 is 2.28 bits per heavy atom. The molecule has 5 saturated carbocycles. The average Bonchev–Trinajstić information content (AvgIpc) is 3.10. The maximum Gasteiger partial charge on any atom is 0.138 e. The average molecular weight is 505 g/mol. The Kier molecular flexibility index (Phi) is 5.11. The first-order valence-electron chi connectivity index (χ1n) is 14.5. The number of carbonyl (C=O) groups is 1. The molecule has 0 aromatic heterocycles. The standard InChI is InChI=1S/C30H48O6/c1-24(2)20(34)7-10-29-15-28(29)12-11-26(5)23(27(6)9-8-21(36-27)25(3,4)35)18(33)14-30(26,16-31)19(28)13-17(32)22(24)29/h17-19,21-23,31-33,35H,7-16H2,1-6H3/t17-,18-,19+,21-,22-,23-,26+,27+,28-,29+,30+/m0/s1. The normalized spacial score (nSPS) is 57.6. The van der Waals surface area contributed by atoms with Crippen LogP contribution in [0.15, 0.2) is 0 Å². The van der Waals surface area contributed by atoms with Gasteiger partial charge in [0, 0.05) is 35.7 Å². The summed E-state index contributed by atoms with van der Waals surface area (Å²) in [5, 5.41) is 45.3. The Labute approximate surface area is 216 Å². The van der Waals surface area contributed by atoms with Crippen LogP contribution in [0.3, 0.4) is 0 Å². The SMILES string of the molecule is CC(C)(O)[C@@H]1CC[C@](C)([C@H]2[C@@H](O)C[C@@]3(CO)[C@@H]4C[C@H](O)[C@H]5C(C)(C)C(=O)CC[C@@]56C[C@@]46CC[C@]23C)O1. The Morgan fingerprint density at radius 2 is 1.67 bits per heavy atom. The van der Waals surface area contributed by atoms with Gasteiger partial charge in [-0.15, -0.1) is 0 Å². The van der Waals surface area contributed by atoms with Crippen LogP contribution < -0.4 is 0 Å². The van der Waals surface area contributed by atoms with Crippen LogP contribution in [-0.2, 0) is 9.53 Å². The van der Waals surface area contributed by atoms with Crippen LogP contribution in [0.5, 0.6) is 0 Å². The summed E-state index contributed by atoms with van der Waals surface area (Å²) >= 11 is 0. The highest BCUT2D eigenvalue weighted by Gasteiger charge is 2.85. The van der Waals surface area contributed by atoms with Gasteiger partial charge in [0.05, 0.1) is 29.5 Å². The van der Waals surface area contributed by atoms with Crippen molar-refractivity contribution in [3.05, 3.63) is 0 Å². The number of hydrogen-bond acceptors (Lipinski definition) is 6. The summed E-state index contributed by atoms with van der Waals surface area (Å²) in [6.45, 7) is 12.0. The Bertz CT molecular complexity index is 971. The molecule has 6 rings (SSSR count). The summed E-state index contributed by atoms with van der Waals surface area (Å²) in [5.41, 5.74) is -2.85. The van der Waals surface area contributed by atoms with Crippen molar-refractivity contribution in [3.63, 3.8) is 0 Å². The van der Waals surface area contributed by atoms with Crippen LogP contribution in [0, 0.1) is 44.8 Å². The van der Waals surface area contributed by atoms with Crippen molar-refractivity contribution >= 4 is 5.78 Å². The Morgan fingerprint density at radius 1 is 0.972 bits per heavy atom. The third-order valence-electron chi connectivity index (χ3n) is 13.5.